The van der Waals surface area contributed by atoms with Crippen molar-refractivity contribution in [1.82, 2.24) is 9.88 Å². The minimum absolute atomic E-state index is 0.120. The molecule has 1 aromatic rings. The molecule has 2 aliphatic heterocycles. The van der Waals surface area contributed by atoms with Crippen molar-refractivity contribution in [3.05, 3.63) is 28.6 Å². The lowest BCUT2D eigenvalue weighted by Gasteiger charge is -2.49. The van der Waals surface area contributed by atoms with Crippen LogP contribution in [-0.4, -0.2) is 34.0 Å². The molecular formula is C20H26N2O2. The second-order valence-electron chi connectivity index (χ2n) is 8.15. The molecule has 4 heteroatoms. The molecule has 0 bridgehead atoms. The average Bonchev–Trinajstić information content (AvgIpc) is 2.98. The van der Waals surface area contributed by atoms with E-state index in [1.54, 1.807) is 5.56 Å². The molecule has 1 saturated carbocycles. The molecule has 2 N–H and O–H groups in total. The Morgan fingerprint density at radius 3 is 3.08 bits per heavy atom. The van der Waals surface area contributed by atoms with Gasteiger partial charge in [0.15, 0.2) is 0 Å². The van der Waals surface area contributed by atoms with Crippen LogP contribution in [-0.2, 0) is 17.6 Å². The summed E-state index contributed by atoms with van der Waals surface area (Å²) in [6.07, 6.45) is 12.3. The minimum atomic E-state index is -0.568. The zero-order valence-corrected chi connectivity index (χ0v) is 14.1. The Labute approximate surface area is 142 Å². The summed E-state index contributed by atoms with van der Waals surface area (Å²) in [5.41, 5.74) is 5.89. The number of H-pyrrole nitrogens is 1. The Morgan fingerprint density at radius 1 is 1.29 bits per heavy atom. The van der Waals surface area contributed by atoms with E-state index in [9.17, 15) is 9.90 Å². The van der Waals surface area contributed by atoms with Gasteiger partial charge in [-0.2, -0.15) is 0 Å². The minimum Gasteiger partial charge on any atom is -0.481 e. The first kappa shape index (κ1) is 14.8. The summed E-state index contributed by atoms with van der Waals surface area (Å²) < 4.78 is 0. The fourth-order valence-electron chi connectivity index (χ4n) is 5.88. The number of aromatic amines is 1. The maximum Gasteiger partial charge on any atom is 0.306 e. The first-order chi connectivity index (χ1) is 11.7. The topological polar surface area (TPSA) is 56.3 Å². The van der Waals surface area contributed by atoms with Crippen LogP contribution in [0.4, 0.5) is 0 Å². The Bertz CT molecular complexity index is 705. The molecule has 0 spiro atoms. The number of aromatic nitrogens is 1. The summed E-state index contributed by atoms with van der Waals surface area (Å²) in [5, 5.41) is 9.61. The van der Waals surface area contributed by atoms with Gasteiger partial charge in [0.1, 0.15) is 0 Å². The van der Waals surface area contributed by atoms with Crippen LogP contribution in [0.2, 0.25) is 0 Å². The van der Waals surface area contributed by atoms with Gasteiger partial charge in [-0.25, -0.2) is 0 Å². The maximum atomic E-state index is 11.7. The van der Waals surface area contributed by atoms with E-state index < -0.39 is 5.97 Å². The number of hydrogen-bond acceptors (Lipinski definition) is 2. The van der Waals surface area contributed by atoms with Crippen LogP contribution in [0.25, 0.3) is 6.08 Å². The van der Waals surface area contributed by atoms with Gasteiger partial charge in [0, 0.05) is 24.5 Å². The van der Waals surface area contributed by atoms with E-state index in [1.165, 1.54) is 23.4 Å². The third kappa shape index (κ3) is 2.12. The SMILES string of the molecule is O=C(O)C1CCCC2CC3c4[nH]c5c(c4CCN3CC21)C=CCC5. The van der Waals surface area contributed by atoms with Crippen molar-refractivity contribution >= 4 is 12.0 Å². The molecule has 4 aliphatic rings. The molecule has 24 heavy (non-hydrogen) atoms. The van der Waals surface area contributed by atoms with Crippen LogP contribution < -0.4 is 0 Å². The molecule has 5 rings (SSSR count). The second kappa shape index (κ2) is 5.48. The van der Waals surface area contributed by atoms with Gasteiger partial charge in [-0.05, 0) is 55.1 Å². The number of hydrogen-bond donors (Lipinski definition) is 2. The lowest BCUT2D eigenvalue weighted by Crippen LogP contribution is -2.50. The first-order valence-corrected chi connectivity index (χ1v) is 9.59. The Kier molecular flexibility index (Phi) is 3.37. The van der Waals surface area contributed by atoms with E-state index in [4.69, 9.17) is 0 Å². The van der Waals surface area contributed by atoms with Crippen molar-refractivity contribution in [2.45, 2.75) is 51.0 Å². The van der Waals surface area contributed by atoms with E-state index in [0.717, 1.165) is 51.6 Å². The number of fused-ring (bicyclic) bond motifs is 6. The van der Waals surface area contributed by atoms with Crippen molar-refractivity contribution < 1.29 is 9.90 Å². The summed E-state index contributed by atoms with van der Waals surface area (Å²) in [6, 6.07) is 0.488. The quantitative estimate of drug-likeness (QED) is 0.832. The standard InChI is InChI=1S/C20H26N2O2/c23-20(24)15-6-3-4-12-10-18-19-14(8-9-22(18)11-16(12)15)13-5-1-2-7-17(13)21-19/h1,5,12,15-16,18,21H,2-4,6-11H2,(H,23,24). The molecule has 4 atom stereocenters. The third-order valence-electron chi connectivity index (χ3n) is 7.03. The van der Waals surface area contributed by atoms with Gasteiger partial charge in [-0.1, -0.05) is 25.0 Å². The normalized spacial score (nSPS) is 34.8. The molecule has 0 aromatic carbocycles. The molecule has 2 fully saturated rings. The van der Waals surface area contributed by atoms with E-state index in [1.807, 2.05) is 0 Å². The van der Waals surface area contributed by atoms with E-state index in [2.05, 4.69) is 22.0 Å². The van der Waals surface area contributed by atoms with Gasteiger partial charge in [0.2, 0.25) is 0 Å². The highest BCUT2D eigenvalue weighted by Crippen LogP contribution is 2.48. The Morgan fingerprint density at radius 2 is 2.21 bits per heavy atom. The molecular weight excluding hydrogens is 300 g/mol. The summed E-state index contributed by atoms with van der Waals surface area (Å²) in [6.45, 7) is 2.07. The van der Waals surface area contributed by atoms with Gasteiger partial charge in [0.05, 0.1) is 12.0 Å². The van der Waals surface area contributed by atoms with Crippen LogP contribution >= 0.6 is 0 Å². The number of piperidine rings is 1. The lowest BCUT2D eigenvalue weighted by atomic mass is 9.66. The lowest BCUT2D eigenvalue weighted by molar-refractivity contribution is -0.148. The Hall–Kier alpha value is -1.55. The molecule has 4 unspecified atom stereocenters. The number of carboxylic acid groups (broad SMARTS) is 1. The molecule has 1 saturated heterocycles. The van der Waals surface area contributed by atoms with Gasteiger partial charge in [-0.3, -0.25) is 9.69 Å². The molecule has 0 amide bonds. The van der Waals surface area contributed by atoms with Gasteiger partial charge < -0.3 is 10.1 Å². The predicted molar refractivity (Wildman–Crippen MR) is 92.7 cm³/mol. The molecule has 2 aliphatic carbocycles. The van der Waals surface area contributed by atoms with Crippen LogP contribution in [0.1, 0.15) is 60.7 Å². The van der Waals surface area contributed by atoms with Gasteiger partial charge >= 0.3 is 5.97 Å². The van der Waals surface area contributed by atoms with Crippen molar-refractivity contribution in [3.63, 3.8) is 0 Å². The number of aliphatic carboxylic acids is 1. The van der Waals surface area contributed by atoms with E-state index in [-0.39, 0.29) is 5.92 Å². The zero-order chi connectivity index (χ0) is 16.3. The van der Waals surface area contributed by atoms with Crippen LogP contribution in [0, 0.1) is 17.8 Å². The highest BCUT2D eigenvalue weighted by Gasteiger charge is 2.46. The summed E-state index contributed by atoms with van der Waals surface area (Å²) in [5.74, 6) is 0.258. The fourth-order valence-corrected chi connectivity index (χ4v) is 5.88. The number of carboxylic acids is 1. The third-order valence-corrected chi connectivity index (χ3v) is 7.03. The zero-order valence-electron chi connectivity index (χ0n) is 14.1. The van der Waals surface area contributed by atoms with Crippen LogP contribution in [0.15, 0.2) is 6.08 Å². The van der Waals surface area contributed by atoms with Crippen LogP contribution in [0.3, 0.4) is 0 Å². The number of nitrogens with one attached hydrogen (secondary N) is 1. The predicted octanol–water partition coefficient (Wildman–Crippen LogP) is 3.39. The number of allylic oxidation sites excluding steroid dienone is 1. The first-order valence-electron chi connectivity index (χ1n) is 9.59. The molecule has 1 aromatic heterocycles. The largest absolute Gasteiger partial charge is 0.481 e. The highest BCUT2D eigenvalue weighted by molar-refractivity contribution is 5.70. The van der Waals surface area contributed by atoms with Crippen molar-refractivity contribution in [2.75, 3.05) is 13.1 Å². The van der Waals surface area contributed by atoms with Crippen molar-refractivity contribution in [2.24, 2.45) is 17.8 Å². The van der Waals surface area contributed by atoms with E-state index in [0.29, 0.717) is 17.9 Å². The summed E-state index contributed by atoms with van der Waals surface area (Å²) in [7, 11) is 0. The Balaban J connectivity index is 1.47. The summed E-state index contributed by atoms with van der Waals surface area (Å²) in [4.78, 5) is 18.0. The second-order valence-corrected chi connectivity index (χ2v) is 8.15. The average molecular weight is 326 g/mol. The van der Waals surface area contributed by atoms with Crippen LogP contribution in [0.5, 0.6) is 0 Å². The fraction of sp³-hybridized carbons (Fsp3) is 0.650. The van der Waals surface area contributed by atoms with Gasteiger partial charge in [-0.15, -0.1) is 0 Å². The molecule has 128 valence electrons. The molecule has 0 radical (unpaired) electrons. The van der Waals surface area contributed by atoms with E-state index >= 15 is 0 Å². The number of rotatable bonds is 1. The maximum absolute atomic E-state index is 11.7. The number of aryl methyl sites for hydroxylation is 1. The van der Waals surface area contributed by atoms with Crippen molar-refractivity contribution in [1.29, 1.82) is 0 Å². The number of nitrogens with zero attached hydrogens (tertiary/aromatic N) is 1. The van der Waals surface area contributed by atoms with Gasteiger partial charge in [0.25, 0.3) is 0 Å². The highest BCUT2D eigenvalue weighted by atomic mass is 16.4. The molecule has 3 heterocycles. The summed E-state index contributed by atoms with van der Waals surface area (Å²) >= 11 is 0. The monoisotopic (exact) mass is 326 g/mol. The smallest absolute Gasteiger partial charge is 0.306 e. The molecule has 4 nitrogen and oxygen atoms in total. The van der Waals surface area contributed by atoms with Crippen molar-refractivity contribution in [3.8, 4) is 0 Å². The number of carbonyl (C=O) groups is 1.